The number of hydrogen-bond acceptors (Lipinski definition) is 2. The Kier molecular flexibility index (Phi) is 3.66. The summed E-state index contributed by atoms with van der Waals surface area (Å²) in [6, 6.07) is 2.43. The lowest BCUT2D eigenvalue weighted by atomic mass is 9.97. The lowest BCUT2D eigenvalue weighted by Gasteiger charge is -2.38. The second kappa shape index (κ2) is 5.01. The molecular weight excluding hydrogens is 184 g/mol. The Labute approximate surface area is 93.4 Å². The molecule has 2 nitrogen and oxygen atoms in total. The van der Waals surface area contributed by atoms with Gasteiger partial charge >= 0.3 is 0 Å². The van der Waals surface area contributed by atoms with E-state index in [-0.39, 0.29) is 0 Å². The van der Waals surface area contributed by atoms with Gasteiger partial charge in [-0.2, -0.15) is 0 Å². The summed E-state index contributed by atoms with van der Waals surface area (Å²) in [7, 11) is 2.10. The van der Waals surface area contributed by atoms with Crippen LogP contribution in [0.15, 0.2) is 0 Å². The Balaban J connectivity index is 1.89. The minimum absolute atomic E-state index is 0.760. The van der Waals surface area contributed by atoms with Gasteiger partial charge in [0.25, 0.3) is 0 Å². The monoisotopic (exact) mass is 206 g/mol. The molecular formula is C13H22N2. The maximum Gasteiger partial charge on any atom is 0.0217 e. The molecule has 1 N–H and O–H groups in total. The van der Waals surface area contributed by atoms with Crippen molar-refractivity contribution in [1.82, 2.24) is 10.2 Å². The van der Waals surface area contributed by atoms with Crippen molar-refractivity contribution in [2.45, 2.75) is 57.2 Å². The van der Waals surface area contributed by atoms with E-state index in [1.54, 1.807) is 0 Å². The smallest absolute Gasteiger partial charge is 0.0217 e. The fourth-order valence-electron chi connectivity index (χ4n) is 3.18. The number of hydrogen-bond donors (Lipinski definition) is 1. The molecule has 15 heavy (non-hydrogen) atoms. The van der Waals surface area contributed by atoms with Gasteiger partial charge < -0.3 is 5.32 Å². The van der Waals surface area contributed by atoms with E-state index in [9.17, 15) is 0 Å². The highest BCUT2D eigenvalue weighted by Gasteiger charge is 2.39. The van der Waals surface area contributed by atoms with Crippen molar-refractivity contribution in [2.24, 2.45) is 0 Å². The van der Waals surface area contributed by atoms with Crippen LogP contribution >= 0.6 is 0 Å². The van der Waals surface area contributed by atoms with E-state index in [4.69, 9.17) is 0 Å². The van der Waals surface area contributed by atoms with Crippen LogP contribution in [-0.2, 0) is 0 Å². The SMILES string of the molecule is CC#CCCN1C2CCC1CC(NC)C2. The molecule has 2 heterocycles. The van der Waals surface area contributed by atoms with Crippen LogP contribution in [0.25, 0.3) is 0 Å². The largest absolute Gasteiger partial charge is 0.317 e. The van der Waals surface area contributed by atoms with Crippen LogP contribution in [0.3, 0.4) is 0 Å². The van der Waals surface area contributed by atoms with Gasteiger partial charge in [0.1, 0.15) is 0 Å². The number of rotatable bonds is 3. The van der Waals surface area contributed by atoms with Crippen molar-refractivity contribution >= 4 is 0 Å². The molecule has 2 rings (SSSR count). The summed E-state index contributed by atoms with van der Waals surface area (Å²) in [5.41, 5.74) is 0. The summed E-state index contributed by atoms with van der Waals surface area (Å²) in [6.45, 7) is 3.12. The van der Waals surface area contributed by atoms with E-state index in [0.717, 1.165) is 24.5 Å². The highest BCUT2D eigenvalue weighted by atomic mass is 15.2. The van der Waals surface area contributed by atoms with Gasteiger partial charge in [-0.15, -0.1) is 11.8 Å². The summed E-state index contributed by atoms with van der Waals surface area (Å²) in [5.74, 6) is 6.17. The number of nitrogens with one attached hydrogen (secondary N) is 1. The molecule has 84 valence electrons. The minimum atomic E-state index is 0.760. The molecule has 2 saturated heterocycles. The predicted octanol–water partition coefficient (Wildman–Crippen LogP) is 1.61. The Bertz CT molecular complexity index is 249. The van der Waals surface area contributed by atoms with E-state index in [1.165, 1.54) is 32.2 Å². The second-order valence-electron chi connectivity index (χ2n) is 4.76. The maximum absolute atomic E-state index is 3.44. The third kappa shape index (κ3) is 2.35. The quantitative estimate of drug-likeness (QED) is 0.706. The van der Waals surface area contributed by atoms with E-state index >= 15 is 0 Å². The molecule has 2 unspecified atom stereocenters. The van der Waals surface area contributed by atoms with E-state index in [2.05, 4.69) is 29.1 Å². The number of piperidine rings is 1. The van der Waals surface area contributed by atoms with Crippen LogP contribution in [-0.4, -0.2) is 36.6 Å². The average molecular weight is 206 g/mol. The van der Waals surface area contributed by atoms with Gasteiger partial charge in [0.2, 0.25) is 0 Å². The topological polar surface area (TPSA) is 15.3 Å². The Morgan fingerprint density at radius 3 is 2.47 bits per heavy atom. The first-order chi connectivity index (χ1) is 7.35. The third-order valence-corrected chi connectivity index (χ3v) is 3.96. The van der Waals surface area contributed by atoms with Gasteiger partial charge in [0.05, 0.1) is 0 Å². The van der Waals surface area contributed by atoms with Gasteiger partial charge in [0.15, 0.2) is 0 Å². The molecule has 0 aromatic rings. The molecule has 0 aliphatic carbocycles. The Morgan fingerprint density at radius 2 is 1.93 bits per heavy atom. The zero-order valence-corrected chi connectivity index (χ0v) is 9.92. The summed E-state index contributed by atoms with van der Waals surface area (Å²) in [5, 5.41) is 3.44. The zero-order valence-electron chi connectivity index (χ0n) is 9.92. The van der Waals surface area contributed by atoms with Crippen molar-refractivity contribution in [3.63, 3.8) is 0 Å². The van der Waals surface area contributed by atoms with Crippen molar-refractivity contribution in [1.29, 1.82) is 0 Å². The lowest BCUT2D eigenvalue weighted by molar-refractivity contribution is 0.122. The highest BCUT2D eigenvalue weighted by Crippen LogP contribution is 2.35. The summed E-state index contributed by atoms with van der Waals surface area (Å²) in [6.07, 6.45) is 6.54. The van der Waals surface area contributed by atoms with Crippen LogP contribution in [0, 0.1) is 11.8 Å². The van der Waals surface area contributed by atoms with Gasteiger partial charge in [-0.25, -0.2) is 0 Å². The van der Waals surface area contributed by atoms with E-state index in [0.29, 0.717) is 0 Å². The molecule has 2 aliphatic rings. The van der Waals surface area contributed by atoms with Crippen molar-refractivity contribution in [3.05, 3.63) is 0 Å². The first-order valence-electron chi connectivity index (χ1n) is 6.17. The predicted molar refractivity (Wildman–Crippen MR) is 63.7 cm³/mol. The molecule has 2 atom stereocenters. The summed E-state index contributed by atoms with van der Waals surface area (Å²) >= 11 is 0. The van der Waals surface area contributed by atoms with Gasteiger partial charge in [0, 0.05) is 31.1 Å². The Morgan fingerprint density at radius 1 is 1.27 bits per heavy atom. The fraction of sp³-hybridized carbons (Fsp3) is 0.846. The highest BCUT2D eigenvalue weighted by molar-refractivity contribution is 5.00. The molecule has 0 aromatic heterocycles. The van der Waals surface area contributed by atoms with Gasteiger partial charge in [-0.3, -0.25) is 4.90 Å². The van der Waals surface area contributed by atoms with E-state index in [1.807, 2.05) is 6.92 Å². The first-order valence-corrected chi connectivity index (χ1v) is 6.17. The lowest BCUT2D eigenvalue weighted by Crippen LogP contribution is -2.48. The van der Waals surface area contributed by atoms with Crippen LogP contribution in [0.5, 0.6) is 0 Å². The third-order valence-electron chi connectivity index (χ3n) is 3.96. The van der Waals surface area contributed by atoms with Crippen molar-refractivity contribution in [2.75, 3.05) is 13.6 Å². The fourth-order valence-corrected chi connectivity index (χ4v) is 3.18. The minimum Gasteiger partial charge on any atom is -0.317 e. The molecule has 0 amide bonds. The first kappa shape index (κ1) is 11.0. The van der Waals surface area contributed by atoms with Crippen molar-refractivity contribution < 1.29 is 0 Å². The summed E-state index contributed by atoms with van der Waals surface area (Å²) < 4.78 is 0. The number of fused-ring (bicyclic) bond motifs is 2. The Hall–Kier alpha value is -0.520. The van der Waals surface area contributed by atoms with Gasteiger partial charge in [-0.1, -0.05) is 0 Å². The molecule has 0 saturated carbocycles. The second-order valence-corrected chi connectivity index (χ2v) is 4.76. The molecule has 0 aromatic carbocycles. The normalized spacial score (nSPS) is 34.9. The van der Waals surface area contributed by atoms with Crippen LogP contribution in [0.2, 0.25) is 0 Å². The molecule has 2 aliphatic heterocycles. The maximum atomic E-state index is 3.44. The molecule has 2 bridgehead atoms. The van der Waals surface area contributed by atoms with Crippen LogP contribution in [0.1, 0.15) is 39.0 Å². The molecule has 0 radical (unpaired) electrons. The zero-order chi connectivity index (χ0) is 10.7. The van der Waals surface area contributed by atoms with Gasteiger partial charge in [-0.05, 0) is 39.7 Å². The van der Waals surface area contributed by atoms with E-state index < -0.39 is 0 Å². The average Bonchev–Trinajstić information content (AvgIpc) is 2.51. The van der Waals surface area contributed by atoms with Crippen LogP contribution < -0.4 is 5.32 Å². The summed E-state index contributed by atoms with van der Waals surface area (Å²) in [4.78, 5) is 2.71. The molecule has 2 heteroatoms. The molecule has 0 spiro atoms. The van der Waals surface area contributed by atoms with Crippen molar-refractivity contribution in [3.8, 4) is 11.8 Å². The number of nitrogens with zero attached hydrogens (tertiary/aromatic N) is 1. The van der Waals surface area contributed by atoms with Crippen LogP contribution in [0.4, 0.5) is 0 Å². The molecule has 2 fully saturated rings. The standard InChI is InChI=1S/C13H22N2/c1-3-4-5-8-15-12-6-7-13(15)10-11(9-12)14-2/h11-14H,5-10H2,1-2H3.